The summed E-state index contributed by atoms with van der Waals surface area (Å²) in [6.45, 7) is 5.71. The van der Waals surface area contributed by atoms with Crippen molar-refractivity contribution in [2.24, 2.45) is 0 Å². The minimum Gasteiger partial charge on any atom is -0.497 e. The molecular weight excluding hydrogens is 766 g/mol. The van der Waals surface area contributed by atoms with Crippen molar-refractivity contribution in [1.29, 1.82) is 0 Å². The van der Waals surface area contributed by atoms with Gasteiger partial charge in [-0.1, -0.05) is 66.2 Å². The molecule has 0 fully saturated rings. The Morgan fingerprint density at radius 1 is 0.772 bits per heavy atom. The van der Waals surface area contributed by atoms with Gasteiger partial charge >= 0.3 is 6.09 Å². The Hall–Kier alpha value is -5.89. The van der Waals surface area contributed by atoms with Gasteiger partial charge in [0.15, 0.2) is 0 Å². The highest BCUT2D eigenvalue weighted by Crippen LogP contribution is 2.33. The van der Waals surface area contributed by atoms with Crippen LogP contribution >= 0.6 is 11.6 Å². The van der Waals surface area contributed by atoms with E-state index in [0.29, 0.717) is 38.7 Å². The molecule has 0 spiro atoms. The van der Waals surface area contributed by atoms with Crippen molar-refractivity contribution in [3.63, 3.8) is 0 Å². The van der Waals surface area contributed by atoms with Crippen molar-refractivity contribution in [2.45, 2.75) is 57.3 Å². The number of nitrogens with zero attached hydrogens (tertiary/aromatic N) is 3. The van der Waals surface area contributed by atoms with E-state index >= 15 is 8.42 Å². The average molecular weight is 810 g/mol. The van der Waals surface area contributed by atoms with Gasteiger partial charge in [0.1, 0.15) is 17.1 Å². The second-order valence-electron chi connectivity index (χ2n) is 14.3. The molecule has 0 aliphatic rings. The van der Waals surface area contributed by atoms with Gasteiger partial charge in [-0.15, -0.1) is 0 Å². The lowest BCUT2D eigenvalue weighted by atomic mass is 10.1. The normalized spacial score (nSPS) is 11.7. The maximum absolute atomic E-state index is 15.0. The van der Waals surface area contributed by atoms with E-state index in [0.717, 1.165) is 16.7 Å². The zero-order chi connectivity index (χ0) is 40.7. The third-order valence-corrected chi connectivity index (χ3v) is 11.1. The molecule has 0 bridgehead atoms. The average Bonchev–Trinajstić information content (AvgIpc) is 3.57. The SMILES string of the molecule is COc1ccc(CN(Cc2ccc(OC)cc2)S(=O)(=O)c2cc(NC(=O)Cc3ccccc3Cl)cc3c2cnn3Cc2ccc(NC(=O)OC(C)(C)C)cc2)cc1. The quantitative estimate of drug-likeness (QED) is 0.111. The summed E-state index contributed by atoms with van der Waals surface area (Å²) in [5, 5.41) is 11.1. The highest BCUT2D eigenvalue weighted by molar-refractivity contribution is 7.89. The van der Waals surface area contributed by atoms with Crippen LogP contribution in [0.2, 0.25) is 5.02 Å². The maximum atomic E-state index is 15.0. The minimum absolute atomic E-state index is 0.0240. The number of halogens is 1. The highest BCUT2D eigenvalue weighted by Gasteiger charge is 2.29. The molecule has 5 aromatic carbocycles. The molecule has 0 aliphatic heterocycles. The Morgan fingerprint density at radius 2 is 1.35 bits per heavy atom. The van der Waals surface area contributed by atoms with E-state index < -0.39 is 21.7 Å². The lowest BCUT2D eigenvalue weighted by Crippen LogP contribution is -2.30. The topological polar surface area (TPSA) is 141 Å². The number of hydrogen-bond donors (Lipinski definition) is 2. The zero-order valence-electron chi connectivity index (χ0n) is 32.3. The first kappa shape index (κ1) is 40.8. The van der Waals surface area contributed by atoms with Gasteiger partial charge in [0.2, 0.25) is 15.9 Å². The molecule has 14 heteroatoms. The third-order valence-electron chi connectivity index (χ3n) is 8.90. The fraction of sp³-hybridized carbons (Fsp3) is 0.233. The summed E-state index contributed by atoms with van der Waals surface area (Å²) in [7, 11) is -1.14. The largest absolute Gasteiger partial charge is 0.497 e. The fourth-order valence-electron chi connectivity index (χ4n) is 6.10. The van der Waals surface area contributed by atoms with Crippen LogP contribution in [0.15, 0.2) is 120 Å². The molecule has 2 amide bonds. The predicted molar refractivity (Wildman–Crippen MR) is 221 cm³/mol. The summed E-state index contributed by atoms with van der Waals surface area (Å²) < 4.78 is 49.1. The highest BCUT2D eigenvalue weighted by atomic mass is 35.5. The second kappa shape index (κ2) is 17.5. The van der Waals surface area contributed by atoms with E-state index in [1.54, 1.807) is 106 Å². The lowest BCUT2D eigenvalue weighted by molar-refractivity contribution is -0.115. The summed E-state index contributed by atoms with van der Waals surface area (Å²) >= 11 is 6.36. The van der Waals surface area contributed by atoms with E-state index in [1.165, 1.54) is 16.6 Å². The Kier molecular flexibility index (Phi) is 12.5. The number of rotatable bonds is 14. The number of methoxy groups -OCH3 is 2. The van der Waals surface area contributed by atoms with E-state index in [-0.39, 0.29) is 42.5 Å². The zero-order valence-corrected chi connectivity index (χ0v) is 33.9. The number of carbonyl (C=O) groups is 2. The monoisotopic (exact) mass is 809 g/mol. The van der Waals surface area contributed by atoms with Crippen molar-refractivity contribution in [1.82, 2.24) is 14.1 Å². The number of carbonyl (C=O) groups excluding carboxylic acids is 2. The Morgan fingerprint density at radius 3 is 1.91 bits per heavy atom. The molecule has 0 saturated heterocycles. The number of aromatic nitrogens is 2. The molecule has 0 atom stereocenters. The lowest BCUT2D eigenvalue weighted by Gasteiger charge is -2.24. The molecule has 12 nitrogen and oxygen atoms in total. The molecule has 2 N–H and O–H groups in total. The molecule has 296 valence electrons. The van der Waals surface area contributed by atoms with Crippen molar-refractivity contribution >= 4 is 55.9 Å². The summed E-state index contributed by atoms with van der Waals surface area (Å²) in [5.74, 6) is 0.913. The smallest absolute Gasteiger partial charge is 0.412 e. The second-order valence-corrected chi connectivity index (χ2v) is 16.6. The molecule has 0 saturated carbocycles. The summed E-state index contributed by atoms with van der Waals surface area (Å²) in [6, 6.07) is 31.8. The molecule has 6 rings (SSSR count). The number of anilines is 2. The summed E-state index contributed by atoms with van der Waals surface area (Å²) in [6.07, 6.45) is 0.929. The number of benzene rings is 5. The van der Waals surface area contributed by atoms with Crippen LogP contribution in [0.25, 0.3) is 10.9 Å². The number of hydrogen-bond acceptors (Lipinski definition) is 8. The molecule has 0 aliphatic carbocycles. The first-order valence-electron chi connectivity index (χ1n) is 18.1. The van der Waals surface area contributed by atoms with Gasteiger partial charge < -0.3 is 19.5 Å². The van der Waals surface area contributed by atoms with Gasteiger partial charge in [0.05, 0.1) is 43.8 Å². The van der Waals surface area contributed by atoms with E-state index in [9.17, 15) is 9.59 Å². The van der Waals surface area contributed by atoms with Crippen LogP contribution in [0.4, 0.5) is 16.2 Å². The molecule has 1 heterocycles. The number of fused-ring (bicyclic) bond motifs is 1. The van der Waals surface area contributed by atoms with Gasteiger partial charge in [-0.3, -0.25) is 14.8 Å². The number of ether oxygens (including phenoxy) is 3. The van der Waals surface area contributed by atoms with Crippen LogP contribution in [0.1, 0.15) is 43.0 Å². The Balaban J connectivity index is 1.38. The standard InChI is InChI=1S/C43H44ClN5O7S/c1-43(2,3)56-42(51)47-33-16-10-31(11-17-33)28-49-39-23-34(46-41(50)22-32-8-6-7-9-38(32)44)24-40(37(39)25-45-49)57(52,53)48(26-29-12-18-35(54-4)19-13-29)27-30-14-20-36(55-5)21-15-30/h6-21,23-25H,22,26-28H2,1-5H3,(H,46,50)(H,47,51). The van der Waals surface area contributed by atoms with Crippen molar-refractivity contribution in [3.8, 4) is 11.5 Å². The van der Waals surface area contributed by atoms with Crippen LogP contribution in [0, 0.1) is 0 Å². The van der Waals surface area contributed by atoms with E-state index in [1.807, 2.05) is 36.4 Å². The van der Waals surface area contributed by atoms with Crippen LogP contribution < -0.4 is 20.1 Å². The van der Waals surface area contributed by atoms with E-state index in [4.69, 9.17) is 25.8 Å². The molecule has 0 radical (unpaired) electrons. The maximum Gasteiger partial charge on any atom is 0.412 e. The minimum atomic E-state index is -4.28. The van der Waals surface area contributed by atoms with E-state index in [2.05, 4.69) is 15.7 Å². The van der Waals surface area contributed by atoms with Gasteiger partial charge in [-0.05, 0) is 97.6 Å². The molecule has 57 heavy (non-hydrogen) atoms. The Bertz CT molecular complexity index is 2410. The van der Waals surface area contributed by atoms with Crippen LogP contribution in [0.5, 0.6) is 11.5 Å². The number of amides is 2. The molecule has 6 aromatic rings. The van der Waals surface area contributed by atoms with Crippen LogP contribution in [-0.4, -0.2) is 54.3 Å². The first-order valence-corrected chi connectivity index (χ1v) is 19.9. The van der Waals surface area contributed by atoms with Gasteiger partial charge in [-0.2, -0.15) is 9.40 Å². The van der Waals surface area contributed by atoms with Crippen molar-refractivity contribution in [3.05, 3.63) is 143 Å². The van der Waals surface area contributed by atoms with Gasteiger partial charge in [-0.25, -0.2) is 13.2 Å². The summed E-state index contributed by atoms with van der Waals surface area (Å²) in [4.78, 5) is 25.7. The fourth-order valence-corrected chi connectivity index (χ4v) is 7.93. The van der Waals surface area contributed by atoms with Gasteiger partial charge in [0.25, 0.3) is 0 Å². The molecule has 0 unspecified atom stereocenters. The third kappa shape index (κ3) is 10.5. The first-order chi connectivity index (χ1) is 27.2. The number of sulfonamides is 1. The van der Waals surface area contributed by atoms with Crippen molar-refractivity contribution < 1.29 is 32.2 Å². The Labute approximate surface area is 337 Å². The predicted octanol–water partition coefficient (Wildman–Crippen LogP) is 8.67. The van der Waals surface area contributed by atoms with Crippen LogP contribution in [-0.2, 0) is 45.6 Å². The molecule has 1 aromatic heterocycles. The molecular formula is C43H44ClN5O7S. The van der Waals surface area contributed by atoms with Gasteiger partial charge in [0, 0.05) is 34.9 Å². The summed E-state index contributed by atoms with van der Waals surface area (Å²) in [5.41, 5.74) is 3.59. The van der Waals surface area contributed by atoms with Crippen molar-refractivity contribution in [2.75, 3.05) is 24.9 Å². The van der Waals surface area contributed by atoms with Crippen LogP contribution in [0.3, 0.4) is 0 Å². The number of nitrogens with one attached hydrogen (secondary N) is 2.